The molecule has 7 nitrogen and oxygen atoms in total. The second-order valence-electron chi connectivity index (χ2n) is 6.26. The van der Waals surface area contributed by atoms with Crippen LogP contribution in [0.4, 0.5) is 0 Å². The molecule has 23 heavy (non-hydrogen) atoms. The van der Waals surface area contributed by atoms with E-state index in [0.717, 1.165) is 0 Å². The van der Waals surface area contributed by atoms with Gasteiger partial charge in [-0.3, -0.25) is 9.59 Å². The molecule has 2 atom stereocenters. The molecule has 2 aromatic heterocycles. The third kappa shape index (κ3) is 2.11. The predicted octanol–water partition coefficient (Wildman–Crippen LogP) is 0.898. The zero-order valence-electron chi connectivity index (χ0n) is 12.5. The summed E-state index contributed by atoms with van der Waals surface area (Å²) >= 11 is 0. The first kappa shape index (κ1) is 14.2. The molecular weight excluding hydrogens is 298 g/mol. The highest BCUT2D eigenvalue weighted by Gasteiger charge is 2.55. The summed E-state index contributed by atoms with van der Waals surface area (Å²) in [6.45, 7) is 1.45. The number of carbonyl (C=O) groups excluding carboxylic acids is 1. The van der Waals surface area contributed by atoms with Crippen LogP contribution >= 0.6 is 0 Å². The van der Waals surface area contributed by atoms with Crippen molar-refractivity contribution in [2.75, 3.05) is 26.3 Å². The molecule has 0 aromatic carbocycles. The number of amides is 1. The normalized spacial score (nSPS) is 27.1. The van der Waals surface area contributed by atoms with Crippen LogP contribution in [0.1, 0.15) is 16.9 Å². The number of aromatic nitrogens is 2. The van der Waals surface area contributed by atoms with Crippen molar-refractivity contribution in [2.24, 2.45) is 11.3 Å². The van der Waals surface area contributed by atoms with E-state index >= 15 is 0 Å². The zero-order chi connectivity index (χ0) is 16.0. The molecule has 2 fully saturated rings. The highest BCUT2D eigenvalue weighted by atomic mass is 16.5. The van der Waals surface area contributed by atoms with Crippen molar-refractivity contribution in [2.45, 2.75) is 6.42 Å². The maximum Gasteiger partial charge on any atom is 0.311 e. The van der Waals surface area contributed by atoms with Gasteiger partial charge >= 0.3 is 5.97 Å². The molecule has 1 N–H and O–H groups in total. The molecule has 2 aliphatic rings. The molecule has 4 rings (SSSR count). The Morgan fingerprint density at radius 2 is 2.26 bits per heavy atom. The Balaban J connectivity index is 1.63. The van der Waals surface area contributed by atoms with Crippen molar-refractivity contribution in [1.82, 2.24) is 14.3 Å². The number of pyridine rings is 1. The summed E-state index contributed by atoms with van der Waals surface area (Å²) in [5.41, 5.74) is 0.160. The Morgan fingerprint density at radius 3 is 3.00 bits per heavy atom. The van der Waals surface area contributed by atoms with Gasteiger partial charge in [-0.25, -0.2) is 4.98 Å². The molecule has 0 unspecified atom stereocenters. The zero-order valence-corrected chi connectivity index (χ0v) is 12.5. The Labute approximate surface area is 132 Å². The average Bonchev–Trinajstić information content (AvgIpc) is 3.16. The highest BCUT2D eigenvalue weighted by Crippen LogP contribution is 2.42. The first-order valence-corrected chi connectivity index (χ1v) is 7.64. The fourth-order valence-corrected chi connectivity index (χ4v) is 3.65. The van der Waals surface area contributed by atoms with Crippen molar-refractivity contribution in [3.8, 4) is 0 Å². The molecule has 120 valence electrons. The van der Waals surface area contributed by atoms with Gasteiger partial charge < -0.3 is 19.1 Å². The molecule has 1 amide bonds. The minimum Gasteiger partial charge on any atom is -0.481 e. The summed E-state index contributed by atoms with van der Waals surface area (Å²) in [5.74, 6) is -1.21. The SMILES string of the molecule is O=C(c1cn2ccccc2n1)N1C[C@H]2COCC[C@@]2(C(=O)O)C1. The second-order valence-corrected chi connectivity index (χ2v) is 6.26. The van der Waals surface area contributed by atoms with Crippen LogP contribution < -0.4 is 0 Å². The van der Waals surface area contributed by atoms with E-state index in [9.17, 15) is 14.7 Å². The first-order valence-electron chi connectivity index (χ1n) is 7.64. The number of rotatable bonds is 2. The van der Waals surface area contributed by atoms with E-state index in [1.807, 2.05) is 24.4 Å². The van der Waals surface area contributed by atoms with Crippen LogP contribution in [0.3, 0.4) is 0 Å². The number of aliphatic carboxylic acids is 1. The van der Waals surface area contributed by atoms with Crippen LogP contribution in [0, 0.1) is 11.3 Å². The number of carboxylic acids is 1. The predicted molar refractivity (Wildman–Crippen MR) is 80.1 cm³/mol. The molecule has 0 saturated carbocycles. The van der Waals surface area contributed by atoms with Crippen LogP contribution in [0.25, 0.3) is 5.65 Å². The topological polar surface area (TPSA) is 84.1 Å². The van der Waals surface area contributed by atoms with E-state index in [1.54, 1.807) is 15.5 Å². The summed E-state index contributed by atoms with van der Waals surface area (Å²) in [6.07, 6.45) is 3.96. The molecule has 0 aliphatic carbocycles. The van der Waals surface area contributed by atoms with E-state index in [-0.39, 0.29) is 18.4 Å². The Kier molecular flexibility index (Phi) is 3.12. The number of fused-ring (bicyclic) bond motifs is 2. The number of hydrogen-bond acceptors (Lipinski definition) is 4. The Morgan fingerprint density at radius 1 is 1.39 bits per heavy atom. The quantitative estimate of drug-likeness (QED) is 0.890. The molecule has 0 radical (unpaired) electrons. The molecule has 0 spiro atoms. The van der Waals surface area contributed by atoms with Crippen molar-refractivity contribution in [1.29, 1.82) is 0 Å². The molecule has 2 aromatic rings. The van der Waals surface area contributed by atoms with E-state index < -0.39 is 11.4 Å². The monoisotopic (exact) mass is 315 g/mol. The van der Waals surface area contributed by atoms with Gasteiger partial charge in [-0.15, -0.1) is 0 Å². The van der Waals surface area contributed by atoms with Crippen LogP contribution in [0.15, 0.2) is 30.6 Å². The highest BCUT2D eigenvalue weighted by molar-refractivity contribution is 5.94. The maximum atomic E-state index is 12.7. The van der Waals surface area contributed by atoms with Gasteiger partial charge in [-0.2, -0.15) is 0 Å². The van der Waals surface area contributed by atoms with E-state index in [2.05, 4.69) is 4.98 Å². The van der Waals surface area contributed by atoms with Crippen LogP contribution in [0.2, 0.25) is 0 Å². The Bertz CT molecular complexity index is 753. The lowest BCUT2D eigenvalue weighted by Crippen LogP contribution is -2.45. The average molecular weight is 315 g/mol. The minimum absolute atomic E-state index is 0.158. The van der Waals surface area contributed by atoms with Gasteiger partial charge in [0, 0.05) is 38.0 Å². The summed E-state index contributed by atoms with van der Waals surface area (Å²) in [4.78, 5) is 30.5. The third-order valence-electron chi connectivity index (χ3n) is 5.00. The number of carbonyl (C=O) groups is 2. The number of nitrogens with zero attached hydrogens (tertiary/aromatic N) is 3. The summed E-state index contributed by atoms with van der Waals surface area (Å²) < 4.78 is 7.20. The largest absolute Gasteiger partial charge is 0.481 e. The van der Waals surface area contributed by atoms with Crippen molar-refractivity contribution in [3.63, 3.8) is 0 Å². The van der Waals surface area contributed by atoms with Crippen molar-refractivity contribution in [3.05, 3.63) is 36.3 Å². The fourth-order valence-electron chi connectivity index (χ4n) is 3.65. The third-order valence-corrected chi connectivity index (χ3v) is 5.00. The molecule has 4 heterocycles. The number of hydrogen-bond donors (Lipinski definition) is 1. The lowest BCUT2D eigenvalue weighted by molar-refractivity contribution is -0.157. The van der Waals surface area contributed by atoms with E-state index in [1.165, 1.54) is 0 Å². The van der Waals surface area contributed by atoms with Crippen LogP contribution in [0.5, 0.6) is 0 Å². The van der Waals surface area contributed by atoms with Crippen LogP contribution in [-0.4, -0.2) is 57.6 Å². The van der Waals surface area contributed by atoms with Crippen molar-refractivity contribution >= 4 is 17.5 Å². The molecular formula is C16H17N3O4. The minimum atomic E-state index is -0.882. The standard InChI is InChI=1S/C16H17N3O4/c20-14(12-8-18-5-2-1-3-13(18)17-12)19-7-11-9-23-6-4-16(11,10-19)15(21)22/h1-3,5,8,11H,4,6-7,9-10H2,(H,21,22)/t11-,16+/m0/s1. The number of ether oxygens (including phenoxy) is 1. The summed E-state index contributed by atoms with van der Waals surface area (Å²) in [6, 6.07) is 5.55. The molecule has 2 saturated heterocycles. The molecule has 2 aliphatic heterocycles. The lowest BCUT2D eigenvalue weighted by Gasteiger charge is -2.33. The van der Waals surface area contributed by atoms with E-state index in [0.29, 0.717) is 37.5 Å². The van der Waals surface area contributed by atoms with Crippen molar-refractivity contribution < 1.29 is 19.4 Å². The van der Waals surface area contributed by atoms with Gasteiger partial charge in [-0.1, -0.05) is 6.07 Å². The van der Waals surface area contributed by atoms with E-state index in [4.69, 9.17) is 4.74 Å². The van der Waals surface area contributed by atoms with Crippen LogP contribution in [-0.2, 0) is 9.53 Å². The lowest BCUT2D eigenvalue weighted by atomic mass is 9.74. The van der Waals surface area contributed by atoms with Gasteiger partial charge in [-0.05, 0) is 18.6 Å². The molecule has 7 heteroatoms. The van der Waals surface area contributed by atoms with Gasteiger partial charge in [0.15, 0.2) is 0 Å². The second kappa shape index (κ2) is 5.06. The maximum absolute atomic E-state index is 12.7. The number of likely N-dealkylation sites (tertiary alicyclic amines) is 1. The van der Waals surface area contributed by atoms with Gasteiger partial charge in [0.2, 0.25) is 0 Å². The van der Waals surface area contributed by atoms with Gasteiger partial charge in [0.25, 0.3) is 5.91 Å². The molecule has 0 bridgehead atoms. The summed E-state index contributed by atoms with van der Waals surface area (Å²) in [7, 11) is 0. The first-order chi connectivity index (χ1) is 11.1. The summed E-state index contributed by atoms with van der Waals surface area (Å²) in [5, 5.41) is 9.67. The fraction of sp³-hybridized carbons (Fsp3) is 0.438. The Hall–Kier alpha value is -2.41. The number of carboxylic acid groups (broad SMARTS) is 1. The van der Waals surface area contributed by atoms with Gasteiger partial charge in [0.1, 0.15) is 11.3 Å². The number of imidazole rings is 1. The van der Waals surface area contributed by atoms with Gasteiger partial charge in [0.05, 0.1) is 12.0 Å². The smallest absolute Gasteiger partial charge is 0.311 e.